The van der Waals surface area contributed by atoms with Crippen molar-refractivity contribution in [1.29, 1.82) is 0 Å². The van der Waals surface area contributed by atoms with Gasteiger partial charge in [-0.2, -0.15) is 0 Å². The predicted molar refractivity (Wildman–Crippen MR) is 69.8 cm³/mol. The number of carbonyl (C=O) groups excluding carboxylic acids is 1. The van der Waals surface area contributed by atoms with E-state index < -0.39 is 21.1 Å². The molecule has 0 spiro atoms. The summed E-state index contributed by atoms with van der Waals surface area (Å²) in [5.41, 5.74) is 5.89. The number of hydrazine groups is 1. The Labute approximate surface area is 108 Å². The molecule has 0 bridgehead atoms. The maximum Gasteiger partial charge on any atom is 0.217 e. The van der Waals surface area contributed by atoms with Crippen LogP contribution in [0.25, 0.3) is 0 Å². The molecule has 0 aromatic heterocycles. The molecule has 6 nitrogen and oxygen atoms in total. The van der Waals surface area contributed by atoms with Gasteiger partial charge in [-0.1, -0.05) is 0 Å². The van der Waals surface area contributed by atoms with Crippen molar-refractivity contribution in [3.63, 3.8) is 0 Å². The average molecular weight is 273 g/mol. The van der Waals surface area contributed by atoms with E-state index in [0.717, 1.165) is 5.57 Å². The monoisotopic (exact) mass is 273 g/mol. The standard InChI is InChI=1S/C11H19N3O3S/c1-13(2)14-7-6-9(4-5-10(12)15)8-11(14)18(3,16)17/h6-8,11H,4-5H2,1-3H3,(H2,12,15)/t11-/m0/s1. The molecule has 1 aliphatic rings. The second-order valence-electron chi connectivity index (χ2n) is 4.47. The fourth-order valence-corrected chi connectivity index (χ4v) is 2.76. The van der Waals surface area contributed by atoms with E-state index in [4.69, 9.17) is 5.73 Å². The Morgan fingerprint density at radius 2 is 2.11 bits per heavy atom. The van der Waals surface area contributed by atoms with Crippen LogP contribution in [0.1, 0.15) is 12.8 Å². The predicted octanol–water partition coefficient (Wildman–Crippen LogP) is -0.145. The van der Waals surface area contributed by atoms with Gasteiger partial charge in [0, 0.05) is 33.0 Å². The summed E-state index contributed by atoms with van der Waals surface area (Å²) in [4.78, 5) is 10.7. The number of nitrogens with two attached hydrogens (primary N) is 1. The lowest BCUT2D eigenvalue weighted by Gasteiger charge is -2.35. The number of amides is 1. The molecule has 18 heavy (non-hydrogen) atoms. The molecule has 0 aromatic carbocycles. The summed E-state index contributed by atoms with van der Waals surface area (Å²) < 4.78 is 23.5. The molecule has 1 aliphatic heterocycles. The summed E-state index contributed by atoms with van der Waals surface area (Å²) >= 11 is 0. The number of nitrogens with zero attached hydrogens (tertiary/aromatic N) is 2. The number of rotatable bonds is 5. The summed E-state index contributed by atoms with van der Waals surface area (Å²) in [6.45, 7) is 0. The van der Waals surface area contributed by atoms with Gasteiger partial charge in [0.25, 0.3) is 0 Å². The zero-order chi connectivity index (χ0) is 13.9. The van der Waals surface area contributed by atoms with Gasteiger partial charge in [0.15, 0.2) is 15.2 Å². The molecule has 1 rings (SSSR count). The van der Waals surface area contributed by atoms with Crippen molar-refractivity contribution in [1.82, 2.24) is 10.0 Å². The van der Waals surface area contributed by atoms with Gasteiger partial charge in [-0.15, -0.1) is 0 Å². The van der Waals surface area contributed by atoms with Crippen LogP contribution in [0.3, 0.4) is 0 Å². The third-order valence-corrected chi connectivity index (χ3v) is 3.85. The van der Waals surface area contributed by atoms with Crippen molar-refractivity contribution < 1.29 is 13.2 Å². The SMILES string of the molecule is CN(C)N1C=CC(CCC(N)=O)=C[C@@H]1S(C)(=O)=O. The van der Waals surface area contributed by atoms with Crippen LogP contribution in [0.2, 0.25) is 0 Å². The van der Waals surface area contributed by atoms with E-state index in [9.17, 15) is 13.2 Å². The molecular formula is C11H19N3O3S. The Morgan fingerprint density at radius 1 is 1.50 bits per heavy atom. The Morgan fingerprint density at radius 3 is 2.56 bits per heavy atom. The molecule has 0 radical (unpaired) electrons. The van der Waals surface area contributed by atoms with E-state index in [1.807, 2.05) is 0 Å². The first kappa shape index (κ1) is 14.7. The fraction of sp³-hybridized carbons (Fsp3) is 0.545. The summed E-state index contributed by atoms with van der Waals surface area (Å²) in [6, 6.07) is 0. The quantitative estimate of drug-likeness (QED) is 0.753. The Hall–Kier alpha value is -1.34. The van der Waals surface area contributed by atoms with Crippen LogP contribution in [0, 0.1) is 0 Å². The van der Waals surface area contributed by atoms with E-state index >= 15 is 0 Å². The highest BCUT2D eigenvalue weighted by Gasteiger charge is 2.27. The van der Waals surface area contributed by atoms with Gasteiger partial charge in [0.05, 0.1) is 0 Å². The molecule has 0 aliphatic carbocycles. The van der Waals surface area contributed by atoms with E-state index in [-0.39, 0.29) is 6.42 Å². The summed E-state index contributed by atoms with van der Waals surface area (Å²) in [6.07, 6.45) is 7.01. The maximum absolute atomic E-state index is 11.7. The van der Waals surface area contributed by atoms with Crippen LogP contribution in [0.4, 0.5) is 0 Å². The first-order chi connectivity index (χ1) is 8.21. The summed E-state index contributed by atoms with van der Waals surface area (Å²) in [5, 5.41) is 2.58. The molecule has 0 aromatic rings. The van der Waals surface area contributed by atoms with Crippen LogP contribution < -0.4 is 5.73 Å². The normalized spacial score (nSPS) is 20.1. The molecule has 0 fully saturated rings. The summed E-state index contributed by atoms with van der Waals surface area (Å²) in [7, 11) is 0.286. The lowest BCUT2D eigenvalue weighted by atomic mass is 10.1. The zero-order valence-electron chi connectivity index (χ0n) is 10.8. The summed E-state index contributed by atoms with van der Waals surface area (Å²) in [5.74, 6) is -0.393. The number of carbonyl (C=O) groups is 1. The van der Waals surface area contributed by atoms with E-state index in [0.29, 0.717) is 6.42 Å². The smallest absolute Gasteiger partial charge is 0.217 e. The fourth-order valence-electron chi connectivity index (χ4n) is 1.69. The average Bonchev–Trinajstić information content (AvgIpc) is 2.24. The van der Waals surface area contributed by atoms with Gasteiger partial charge >= 0.3 is 0 Å². The minimum absolute atomic E-state index is 0.217. The Bertz CT molecular complexity index is 480. The van der Waals surface area contributed by atoms with Gasteiger partial charge in [0.1, 0.15) is 0 Å². The van der Waals surface area contributed by atoms with Gasteiger partial charge in [0.2, 0.25) is 5.91 Å². The third kappa shape index (κ3) is 3.85. The van der Waals surface area contributed by atoms with Gasteiger partial charge < -0.3 is 5.73 Å². The topological polar surface area (TPSA) is 83.7 Å². The molecule has 1 atom stereocenters. The van der Waals surface area contributed by atoms with Crippen molar-refractivity contribution in [2.24, 2.45) is 5.73 Å². The first-order valence-electron chi connectivity index (χ1n) is 5.53. The highest BCUT2D eigenvalue weighted by Crippen LogP contribution is 2.21. The lowest BCUT2D eigenvalue weighted by molar-refractivity contribution is -0.117. The van der Waals surface area contributed by atoms with Gasteiger partial charge in [-0.3, -0.25) is 9.80 Å². The molecule has 1 amide bonds. The van der Waals surface area contributed by atoms with E-state index in [1.165, 1.54) is 6.26 Å². The van der Waals surface area contributed by atoms with Crippen molar-refractivity contribution in [3.8, 4) is 0 Å². The first-order valence-corrected chi connectivity index (χ1v) is 7.49. The number of sulfone groups is 1. The molecule has 0 saturated carbocycles. The second-order valence-corrected chi connectivity index (χ2v) is 6.61. The van der Waals surface area contributed by atoms with E-state index in [2.05, 4.69) is 0 Å². The maximum atomic E-state index is 11.7. The molecule has 102 valence electrons. The number of allylic oxidation sites excluding steroid dienone is 2. The molecular weight excluding hydrogens is 254 g/mol. The van der Waals surface area contributed by atoms with Crippen LogP contribution in [-0.4, -0.2) is 50.1 Å². The highest BCUT2D eigenvalue weighted by molar-refractivity contribution is 7.91. The second kappa shape index (κ2) is 5.53. The highest BCUT2D eigenvalue weighted by atomic mass is 32.2. The van der Waals surface area contributed by atoms with Crippen LogP contribution in [0.15, 0.2) is 23.9 Å². The van der Waals surface area contributed by atoms with Crippen molar-refractivity contribution in [3.05, 3.63) is 23.9 Å². The van der Waals surface area contributed by atoms with Gasteiger partial charge in [-0.25, -0.2) is 13.4 Å². The molecule has 1 heterocycles. The molecule has 0 saturated heterocycles. The number of hydrogen-bond acceptors (Lipinski definition) is 5. The minimum Gasteiger partial charge on any atom is -0.370 e. The lowest BCUT2D eigenvalue weighted by Crippen LogP contribution is -2.45. The molecule has 7 heteroatoms. The Balaban J connectivity index is 2.93. The number of primary amides is 1. The van der Waals surface area contributed by atoms with Crippen molar-refractivity contribution in [2.45, 2.75) is 18.2 Å². The minimum atomic E-state index is -3.25. The van der Waals surface area contributed by atoms with Crippen LogP contribution in [0.5, 0.6) is 0 Å². The van der Waals surface area contributed by atoms with E-state index in [1.54, 1.807) is 42.5 Å². The third-order valence-electron chi connectivity index (χ3n) is 2.62. The van der Waals surface area contributed by atoms with Crippen molar-refractivity contribution >= 4 is 15.7 Å². The van der Waals surface area contributed by atoms with Gasteiger partial charge in [-0.05, 0) is 24.1 Å². The molecule has 2 N–H and O–H groups in total. The van der Waals surface area contributed by atoms with Crippen LogP contribution in [-0.2, 0) is 14.6 Å². The largest absolute Gasteiger partial charge is 0.370 e. The zero-order valence-corrected chi connectivity index (χ0v) is 11.6. The molecule has 0 unspecified atom stereocenters. The Kier molecular flexibility index (Phi) is 4.53. The van der Waals surface area contributed by atoms with Crippen LogP contribution >= 0.6 is 0 Å². The number of hydrogen-bond donors (Lipinski definition) is 1. The van der Waals surface area contributed by atoms with Crippen molar-refractivity contribution in [2.75, 3.05) is 20.4 Å².